The van der Waals surface area contributed by atoms with Crippen molar-refractivity contribution in [1.29, 1.82) is 0 Å². The van der Waals surface area contributed by atoms with Crippen molar-refractivity contribution in [3.63, 3.8) is 0 Å². The van der Waals surface area contributed by atoms with E-state index >= 15 is 0 Å². The van der Waals surface area contributed by atoms with Gasteiger partial charge >= 0.3 is 0 Å². The van der Waals surface area contributed by atoms with Gasteiger partial charge in [-0.1, -0.05) is 18.2 Å². The number of morpholine rings is 2. The molecule has 0 aromatic heterocycles. The summed E-state index contributed by atoms with van der Waals surface area (Å²) < 4.78 is 39.3. The van der Waals surface area contributed by atoms with Crippen molar-refractivity contribution in [3.05, 3.63) is 59.7 Å². The van der Waals surface area contributed by atoms with E-state index < -0.39 is 10.0 Å². The van der Waals surface area contributed by atoms with E-state index in [1.165, 1.54) is 18.2 Å². The Kier molecular flexibility index (Phi) is 6.73. The fraction of sp³-hybridized carbons (Fsp3) is 0.364. The third-order valence-electron chi connectivity index (χ3n) is 5.39. The van der Waals surface area contributed by atoms with Crippen LogP contribution in [0.4, 0.5) is 5.69 Å². The topological polar surface area (TPSA) is 105 Å². The Morgan fingerprint density at radius 1 is 0.781 bits per heavy atom. The van der Waals surface area contributed by atoms with Crippen LogP contribution in [0.1, 0.15) is 20.7 Å². The van der Waals surface area contributed by atoms with E-state index in [9.17, 15) is 18.0 Å². The van der Waals surface area contributed by atoms with Gasteiger partial charge in [-0.15, -0.1) is 0 Å². The average Bonchev–Trinajstić information content (AvgIpc) is 2.84. The fourth-order valence-corrected chi connectivity index (χ4v) is 4.77. The third-order valence-corrected chi connectivity index (χ3v) is 6.75. The Bertz CT molecular complexity index is 1090. The van der Waals surface area contributed by atoms with Crippen molar-refractivity contribution in [2.75, 3.05) is 57.3 Å². The molecule has 2 aromatic rings. The van der Waals surface area contributed by atoms with Crippen LogP contribution in [0.15, 0.2) is 53.4 Å². The quantitative estimate of drug-likeness (QED) is 0.725. The molecule has 2 fully saturated rings. The second kappa shape index (κ2) is 9.68. The lowest BCUT2D eigenvalue weighted by Crippen LogP contribution is -2.41. The molecular formula is C22H25N3O6S. The molecule has 2 aliphatic heterocycles. The van der Waals surface area contributed by atoms with Crippen molar-refractivity contribution >= 4 is 27.5 Å². The summed E-state index contributed by atoms with van der Waals surface area (Å²) in [7, 11) is -4.03. The minimum atomic E-state index is -4.03. The monoisotopic (exact) mass is 459 g/mol. The lowest BCUT2D eigenvalue weighted by Gasteiger charge is -2.27. The highest BCUT2D eigenvalue weighted by atomic mass is 32.2. The van der Waals surface area contributed by atoms with Gasteiger partial charge in [-0.2, -0.15) is 0 Å². The van der Waals surface area contributed by atoms with E-state index in [-0.39, 0.29) is 33.5 Å². The minimum Gasteiger partial charge on any atom is -0.378 e. The lowest BCUT2D eigenvalue weighted by atomic mass is 10.1. The number of benzene rings is 2. The van der Waals surface area contributed by atoms with Gasteiger partial charge in [0.1, 0.15) is 0 Å². The number of anilines is 1. The molecule has 170 valence electrons. The van der Waals surface area contributed by atoms with Gasteiger partial charge in [0.25, 0.3) is 21.8 Å². The number of nitrogens with one attached hydrogen (secondary N) is 1. The molecule has 0 atom stereocenters. The highest BCUT2D eigenvalue weighted by Gasteiger charge is 2.25. The normalized spacial score (nSPS) is 17.1. The van der Waals surface area contributed by atoms with Crippen LogP contribution in [0.2, 0.25) is 0 Å². The Labute approximate surface area is 187 Å². The summed E-state index contributed by atoms with van der Waals surface area (Å²) in [6.07, 6.45) is 0. The van der Waals surface area contributed by atoms with Gasteiger partial charge < -0.3 is 19.3 Å². The van der Waals surface area contributed by atoms with Crippen LogP contribution in [-0.2, 0) is 19.5 Å². The van der Waals surface area contributed by atoms with Crippen LogP contribution < -0.4 is 4.72 Å². The summed E-state index contributed by atoms with van der Waals surface area (Å²) in [5.41, 5.74) is 0.736. The predicted octanol–water partition coefficient (Wildman–Crippen LogP) is 1.43. The Balaban J connectivity index is 1.56. The highest BCUT2D eigenvalue weighted by molar-refractivity contribution is 7.92. The van der Waals surface area contributed by atoms with Crippen molar-refractivity contribution < 1.29 is 27.5 Å². The SMILES string of the molecule is O=C(c1cccc(S(=O)(=O)Nc2ccccc2C(=O)N2CCOCC2)c1)N1CCOCC1. The summed E-state index contributed by atoms with van der Waals surface area (Å²) in [5, 5.41) is 0. The Morgan fingerprint density at radius 3 is 2.03 bits per heavy atom. The van der Waals surface area contributed by atoms with Crippen LogP contribution in [0, 0.1) is 0 Å². The molecule has 1 N–H and O–H groups in total. The number of amides is 2. The van der Waals surface area contributed by atoms with Crippen molar-refractivity contribution in [1.82, 2.24) is 9.80 Å². The van der Waals surface area contributed by atoms with Crippen molar-refractivity contribution in [2.24, 2.45) is 0 Å². The Morgan fingerprint density at radius 2 is 1.38 bits per heavy atom. The Hall–Kier alpha value is -2.95. The second-order valence-corrected chi connectivity index (χ2v) is 9.17. The molecule has 0 aliphatic carbocycles. The van der Waals surface area contributed by atoms with E-state index in [0.29, 0.717) is 52.6 Å². The summed E-state index contributed by atoms with van der Waals surface area (Å²) in [6, 6.07) is 12.4. The molecule has 10 heteroatoms. The van der Waals surface area contributed by atoms with Gasteiger partial charge in [-0.25, -0.2) is 8.42 Å². The van der Waals surface area contributed by atoms with Crippen LogP contribution in [0.25, 0.3) is 0 Å². The van der Waals surface area contributed by atoms with E-state index in [1.807, 2.05) is 0 Å². The number of sulfonamides is 1. The predicted molar refractivity (Wildman–Crippen MR) is 117 cm³/mol. The second-order valence-electron chi connectivity index (χ2n) is 7.49. The maximum Gasteiger partial charge on any atom is 0.261 e. The first-order chi connectivity index (χ1) is 15.5. The molecule has 2 amide bonds. The standard InChI is InChI=1S/C22H25N3O6S/c26-21(24-8-12-30-13-9-24)17-4-3-5-18(16-17)32(28,29)23-20-7-2-1-6-19(20)22(27)25-10-14-31-15-11-25/h1-7,16,23H,8-15H2. The number of carbonyl (C=O) groups excluding carboxylic acids is 2. The van der Waals surface area contributed by atoms with Gasteiger partial charge in [0.05, 0.1) is 42.6 Å². The van der Waals surface area contributed by atoms with Gasteiger partial charge in [-0.05, 0) is 30.3 Å². The first-order valence-corrected chi connectivity index (χ1v) is 11.9. The number of hydrogen-bond acceptors (Lipinski definition) is 6. The molecule has 0 radical (unpaired) electrons. The van der Waals surface area contributed by atoms with Gasteiger partial charge in [0.15, 0.2) is 0 Å². The molecule has 32 heavy (non-hydrogen) atoms. The molecule has 2 aromatic carbocycles. The highest BCUT2D eigenvalue weighted by Crippen LogP contribution is 2.23. The van der Waals surface area contributed by atoms with Gasteiger partial charge in [0.2, 0.25) is 0 Å². The number of para-hydroxylation sites is 1. The van der Waals surface area contributed by atoms with E-state index in [2.05, 4.69) is 4.72 Å². The molecule has 0 unspecified atom stereocenters. The van der Waals surface area contributed by atoms with Crippen LogP contribution in [0.5, 0.6) is 0 Å². The first-order valence-electron chi connectivity index (χ1n) is 10.4. The summed E-state index contributed by atoms with van der Waals surface area (Å²) in [6.45, 7) is 3.64. The zero-order valence-corrected chi connectivity index (χ0v) is 18.3. The molecule has 9 nitrogen and oxygen atoms in total. The maximum atomic E-state index is 13.1. The molecule has 2 heterocycles. The molecule has 0 bridgehead atoms. The molecule has 0 saturated carbocycles. The zero-order chi connectivity index (χ0) is 22.6. The molecule has 4 rings (SSSR count). The van der Waals surface area contributed by atoms with Crippen molar-refractivity contribution in [3.8, 4) is 0 Å². The average molecular weight is 460 g/mol. The van der Waals surface area contributed by atoms with Crippen LogP contribution in [0.3, 0.4) is 0 Å². The summed E-state index contributed by atoms with van der Waals surface area (Å²) in [4.78, 5) is 28.9. The third kappa shape index (κ3) is 4.93. The smallest absolute Gasteiger partial charge is 0.261 e. The molecule has 0 spiro atoms. The molecule has 2 aliphatic rings. The van der Waals surface area contributed by atoms with Crippen LogP contribution in [-0.4, -0.2) is 82.6 Å². The first kappa shape index (κ1) is 22.3. The zero-order valence-electron chi connectivity index (χ0n) is 17.5. The lowest BCUT2D eigenvalue weighted by molar-refractivity contribution is 0.0301. The largest absolute Gasteiger partial charge is 0.378 e. The fourth-order valence-electron chi connectivity index (χ4n) is 3.64. The number of nitrogens with zero attached hydrogens (tertiary/aromatic N) is 2. The molecular weight excluding hydrogens is 434 g/mol. The van der Waals surface area contributed by atoms with E-state index in [4.69, 9.17) is 9.47 Å². The number of carbonyl (C=O) groups is 2. The van der Waals surface area contributed by atoms with Crippen LogP contribution >= 0.6 is 0 Å². The van der Waals surface area contributed by atoms with E-state index in [0.717, 1.165) is 0 Å². The van der Waals surface area contributed by atoms with Gasteiger partial charge in [-0.3, -0.25) is 14.3 Å². The number of hydrogen-bond donors (Lipinski definition) is 1. The van der Waals surface area contributed by atoms with Gasteiger partial charge in [0, 0.05) is 31.7 Å². The summed E-state index contributed by atoms with van der Waals surface area (Å²) >= 11 is 0. The molecule has 2 saturated heterocycles. The number of rotatable bonds is 5. The van der Waals surface area contributed by atoms with E-state index in [1.54, 1.807) is 40.1 Å². The summed E-state index contributed by atoms with van der Waals surface area (Å²) in [5.74, 6) is -0.504. The minimum absolute atomic E-state index is 0.0507. The van der Waals surface area contributed by atoms with Crippen molar-refractivity contribution in [2.45, 2.75) is 4.90 Å². The maximum absolute atomic E-state index is 13.1. The number of ether oxygens (including phenoxy) is 2.